The van der Waals surface area contributed by atoms with Crippen molar-refractivity contribution >= 4 is 11.6 Å². The third kappa shape index (κ3) is 2.86. The average molecular weight is 293 g/mol. The lowest BCUT2D eigenvalue weighted by atomic mass is 10.0. The standard InChI is InChI=1S/C15H21ClN4/c1-9(2)20-15(13(16)8-18-20)14(17-5)12-6-10(3)19-11(4)7-12/h6-9,14,17H,1-5H3. The van der Waals surface area contributed by atoms with Crippen molar-refractivity contribution in [2.45, 2.75) is 39.8 Å². The van der Waals surface area contributed by atoms with E-state index >= 15 is 0 Å². The minimum Gasteiger partial charge on any atom is -0.308 e. The van der Waals surface area contributed by atoms with Crippen molar-refractivity contribution in [1.82, 2.24) is 20.1 Å². The highest BCUT2D eigenvalue weighted by atomic mass is 35.5. The van der Waals surface area contributed by atoms with Gasteiger partial charge < -0.3 is 5.32 Å². The van der Waals surface area contributed by atoms with Gasteiger partial charge >= 0.3 is 0 Å². The predicted molar refractivity (Wildman–Crippen MR) is 82.2 cm³/mol. The van der Waals surface area contributed by atoms with Crippen LogP contribution in [-0.2, 0) is 0 Å². The van der Waals surface area contributed by atoms with Crippen molar-refractivity contribution in [3.05, 3.63) is 46.0 Å². The van der Waals surface area contributed by atoms with E-state index in [1.54, 1.807) is 6.20 Å². The summed E-state index contributed by atoms with van der Waals surface area (Å²) in [5.41, 5.74) is 4.16. The molecular formula is C15H21ClN4. The fraction of sp³-hybridized carbons (Fsp3) is 0.467. The van der Waals surface area contributed by atoms with Gasteiger partial charge in [-0.15, -0.1) is 0 Å². The van der Waals surface area contributed by atoms with Gasteiger partial charge in [-0.05, 0) is 52.4 Å². The van der Waals surface area contributed by atoms with Gasteiger partial charge in [0, 0.05) is 17.4 Å². The largest absolute Gasteiger partial charge is 0.308 e. The molecule has 0 radical (unpaired) electrons. The molecule has 1 N–H and O–H groups in total. The lowest BCUT2D eigenvalue weighted by molar-refractivity contribution is 0.484. The van der Waals surface area contributed by atoms with Gasteiger partial charge in [-0.3, -0.25) is 9.67 Å². The van der Waals surface area contributed by atoms with Crippen molar-refractivity contribution in [2.75, 3.05) is 7.05 Å². The number of halogens is 1. The number of aryl methyl sites for hydroxylation is 2. The smallest absolute Gasteiger partial charge is 0.0837 e. The molecule has 20 heavy (non-hydrogen) atoms. The highest BCUT2D eigenvalue weighted by Crippen LogP contribution is 2.30. The van der Waals surface area contributed by atoms with E-state index in [1.165, 1.54) is 0 Å². The van der Waals surface area contributed by atoms with Crippen molar-refractivity contribution in [1.29, 1.82) is 0 Å². The maximum absolute atomic E-state index is 6.35. The van der Waals surface area contributed by atoms with Crippen molar-refractivity contribution in [3.8, 4) is 0 Å². The van der Waals surface area contributed by atoms with Crippen molar-refractivity contribution in [2.24, 2.45) is 0 Å². The maximum atomic E-state index is 6.35. The van der Waals surface area contributed by atoms with E-state index in [-0.39, 0.29) is 12.1 Å². The van der Waals surface area contributed by atoms with Crippen LogP contribution < -0.4 is 5.32 Å². The molecule has 0 aliphatic rings. The molecule has 0 aliphatic heterocycles. The summed E-state index contributed by atoms with van der Waals surface area (Å²) in [6.45, 7) is 8.21. The van der Waals surface area contributed by atoms with Gasteiger partial charge in [0.05, 0.1) is 23.0 Å². The van der Waals surface area contributed by atoms with Crippen LogP contribution in [0.2, 0.25) is 5.02 Å². The van der Waals surface area contributed by atoms with Crippen LogP contribution in [0.4, 0.5) is 0 Å². The zero-order valence-corrected chi connectivity index (χ0v) is 13.4. The summed E-state index contributed by atoms with van der Waals surface area (Å²) in [4.78, 5) is 4.43. The molecule has 4 nitrogen and oxygen atoms in total. The van der Waals surface area contributed by atoms with Gasteiger partial charge in [0.15, 0.2) is 0 Å². The number of pyridine rings is 1. The zero-order chi connectivity index (χ0) is 14.9. The number of hydrogen-bond donors (Lipinski definition) is 1. The molecule has 2 heterocycles. The molecule has 108 valence electrons. The second-order valence-electron chi connectivity index (χ2n) is 5.32. The van der Waals surface area contributed by atoms with E-state index in [4.69, 9.17) is 11.6 Å². The van der Waals surface area contributed by atoms with Gasteiger partial charge in [0.1, 0.15) is 0 Å². The number of nitrogens with zero attached hydrogens (tertiary/aromatic N) is 3. The van der Waals surface area contributed by atoms with Crippen LogP contribution in [-0.4, -0.2) is 21.8 Å². The summed E-state index contributed by atoms with van der Waals surface area (Å²) in [7, 11) is 1.93. The molecule has 1 atom stereocenters. The van der Waals surface area contributed by atoms with Crippen LogP contribution in [0.1, 0.15) is 48.6 Å². The Morgan fingerprint density at radius 2 is 1.80 bits per heavy atom. The Balaban J connectivity index is 2.55. The molecule has 0 spiro atoms. The molecule has 2 aromatic rings. The monoisotopic (exact) mass is 292 g/mol. The third-order valence-corrected chi connectivity index (χ3v) is 3.57. The fourth-order valence-corrected chi connectivity index (χ4v) is 2.77. The second-order valence-corrected chi connectivity index (χ2v) is 5.73. The van der Waals surface area contributed by atoms with E-state index in [0.717, 1.165) is 22.6 Å². The molecule has 0 aromatic carbocycles. The molecule has 2 rings (SSSR count). The quantitative estimate of drug-likeness (QED) is 0.939. The molecular weight excluding hydrogens is 272 g/mol. The molecule has 0 aliphatic carbocycles. The Morgan fingerprint density at radius 1 is 1.20 bits per heavy atom. The Bertz CT molecular complexity index is 584. The summed E-state index contributed by atoms with van der Waals surface area (Å²) >= 11 is 6.35. The van der Waals surface area contributed by atoms with Crippen LogP contribution >= 0.6 is 11.6 Å². The van der Waals surface area contributed by atoms with Crippen molar-refractivity contribution < 1.29 is 0 Å². The van der Waals surface area contributed by atoms with Crippen LogP contribution in [0.25, 0.3) is 0 Å². The predicted octanol–water partition coefficient (Wildman–Crippen LogP) is 3.44. The molecule has 5 heteroatoms. The lowest BCUT2D eigenvalue weighted by Crippen LogP contribution is -2.23. The van der Waals surface area contributed by atoms with Crippen LogP contribution in [0, 0.1) is 13.8 Å². The first-order valence-electron chi connectivity index (χ1n) is 6.79. The minimum absolute atomic E-state index is 0.00722. The average Bonchev–Trinajstić information content (AvgIpc) is 2.72. The Morgan fingerprint density at radius 3 is 2.30 bits per heavy atom. The van der Waals surface area contributed by atoms with Gasteiger partial charge in [-0.25, -0.2) is 0 Å². The van der Waals surface area contributed by atoms with Crippen LogP contribution in [0.15, 0.2) is 18.3 Å². The molecule has 0 amide bonds. The van der Waals surface area contributed by atoms with Crippen LogP contribution in [0.3, 0.4) is 0 Å². The minimum atomic E-state index is 0.00722. The molecule has 2 aromatic heterocycles. The summed E-state index contributed by atoms with van der Waals surface area (Å²) in [5, 5.41) is 8.41. The highest BCUT2D eigenvalue weighted by molar-refractivity contribution is 6.31. The number of aromatic nitrogens is 3. The first-order valence-corrected chi connectivity index (χ1v) is 7.17. The first-order chi connectivity index (χ1) is 9.43. The van der Waals surface area contributed by atoms with Gasteiger partial charge in [-0.1, -0.05) is 11.6 Å². The van der Waals surface area contributed by atoms with Crippen LogP contribution in [0.5, 0.6) is 0 Å². The number of nitrogens with one attached hydrogen (secondary N) is 1. The van der Waals surface area contributed by atoms with Gasteiger partial charge in [0.25, 0.3) is 0 Å². The maximum Gasteiger partial charge on any atom is 0.0837 e. The first kappa shape index (κ1) is 15.0. The molecule has 0 fully saturated rings. The van der Waals surface area contributed by atoms with E-state index in [2.05, 4.69) is 41.4 Å². The second kappa shape index (κ2) is 5.94. The Kier molecular flexibility index (Phi) is 4.45. The van der Waals surface area contributed by atoms with Gasteiger partial charge in [-0.2, -0.15) is 5.10 Å². The van der Waals surface area contributed by atoms with Crippen molar-refractivity contribution in [3.63, 3.8) is 0 Å². The molecule has 0 saturated carbocycles. The molecule has 0 bridgehead atoms. The molecule has 1 unspecified atom stereocenters. The van der Waals surface area contributed by atoms with Gasteiger partial charge in [0.2, 0.25) is 0 Å². The normalized spacial score (nSPS) is 12.9. The summed E-state index contributed by atoms with van der Waals surface area (Å²) < 4.78 is 1.97. The summed E-state index contributed by atoms with van der Waals surface area (Å²) in [6, 6.07) is 4.44. The Labute approximate surface area is 125 Å². The summed E-state index contributed by atoms with van der Waals surface area (Å²) in [5.74, 6) is 0. The number of hydrogen-bond acceptors (Lipinski definition) is 3. The lowest BCUT2D eigenvalue weighted by Gasteiger charge is -2.21. The fourth-order valence-electron chi connectivity index (χ4n) is 2.53. The third-order valence-electron chi connectivity index (χ3n) is 3.28. The van der Waals surface area contributed by atoms with E-state index in [1.807, 2.05) is 25.6 Å². The van der Waals surface area contributed by atoms with E-state index in [9.17, 15) is 0 Å². The van der Waals surface area contributed by atoms with E-state index < -0.39 is 0 Å². The zero-order valence-electron chi connectivity index (χ0n) is 12.6. The Hall–Kier alpha value is -1.39. The highest BCUT2D eigenvalue weighted by Gasteiger charge is 2.22. The van der Waals surface area contributed by atoms with E-state index in [0.29, 0.717) is 5.02 Å². The SMILES string of the molecule is CNC(c1cc(C)nc(C)c1)c1c(Cl)cnn1C(C)C. The molecule has 0 saturated heterocycles. The number of rotatable bonds is 4. The topological polar surface area (TPSA) is 42.7 Å². The summed E-state index contributed by atoms with van der Waals surface area (Å²) in [6.07, 6.45) is 1.71.